The van der Waals surface area contributed by atoms with E-state index in [-0.39, 0.29) is 0 Å². The number of rotatable bonds is 4. The fourth-order valence-corrected chi connectivity index (χ4v) is 2.80. The highest BCUT2D eigenvalue weighted by molar-refractivity contribution is 8.01. The highest BCUT2D eigenvalue weighted by Crippen LogP contribution is 2.22. The van der Waals surface area contributed by atoms with Crippen molar-refractivity contribution in [3.8, 4) is 0 Å². The third-order valence-electron chi connectivity index (χ3n) is 3.00. The number of hydrogen-bond donors (Lipinski definition) is 0. The highest BCUT2D eigenvalue weighted by atomic mass is 35.5. The van der Waals surface area contributed by atoms with E-state index in [0.717, 1.165) is 16.9 Å². The minimum Gasteiger partial charge on any atom is -0.402 e. The average Bonchev–Trinajstić information content (AvgIpc) is 2.91. The highest BCUT2D eigenvalue weighted by Gasteiger charge is 2.23. The molecule has 1 aliphatic heterocycles. The van der Waals surface area contributed by atoms with Gasteiger partial charge in [0.2, 0.25) is 5.90 Å². The van der Waals surface area contributed by atoms with Crippen molar-refractivity contribution in [3.63, 3.8) is 0 Å². The molecule has 0 amide bonds. The third-order valence-corrected chi connectivity index (χ3v) is 4.14. The van der Waals surface area contributed by atoms with Gasteiger partial charge in [-0.2, -0.15) is 0 Å². The van der Waals surface area contributed by atoms with Crippen molar-refractivity contribution >= 4 is 35.2 Å². The maximum Gasteiger partial charge on any atom is 0.364 e. The SMILES string of the molecule is O=C1OC(c2ccccc2)=N/C1=C/SCc1ccc(Cl)cc1. The second kappa shape index (κ2) is 6.81. The van der Waals surface area contributed by atoms with Crippen molar-refractivity contribution in [3.05, 3.63) is 81.9 Å². The Labute approximate surface area is 137 Å². The summed E-state index contributed by atoms with van der Waals surface area (Å²) >= 11 is 7.34. The summed E-state index contributed by atoms with van der Waals surface area (Å²) in [5.74, 6) is 0.677. The van der Waals surface area contributed by atoms with Crippen LogP contribution in [-0.2, 0) is 15.3 Å². The number of aliphatic imine (C=N–C) groups is 1. The monoisotopic (exact) mass is 329 g/mol. The molecular formula is C17H12ClNO2S. The van der Waals surface area contributed by atoms with Crippen LogP contribution in [0.25, 0.3) is 0 Å². The lowest BCUT2D eigenvalue weighted by Crippen LogP contribution is -2.04. The first-order valence-electron chi connectivity index (χ1n) is 6.65. The quantitative estimate of drug-likeness (QED) is 0.615. The summed E-state index contributed by atoms with van der Waals surface area (Å²) < 4.78 is 5.19. The fraction of sp³-hybridized carbons (Fsp3) is 0.0588. The van der Waals surface area contributed by atoms with Crippen LogP contribution in [0.4, 0.5) is 0 Å². The molecule has 0 fully saturated rings. The molecule has 0 radical (unpaired) electrons. The van der Waals surface area contributed by atoms with Crippen molar-refractivity contribution in [2.75, 3.05) is 0 Å². The van der Waals surface area contributed by atoms with Crippen molar-refractivity contribution in [1.29, 1.82) is 0 Å². The first-order valence-corrected chi connectivity index (χ1v) is 8.07. The van der Waals surface area contributed by atoms with Crippen LogP contribution in [0.15, 0.2) is 70.7 Å². The number of benzene rings is 2. The van der Waals surface area contributed by atoms with Crippen LogP contribution in [0.5, 0.6) is 0 Å². The Morgan fingerprint density at radius 3 is 2.55 bits per heavy atom. The second-order valence-electron chi connectivity index (χ2n) is 4.61. The van der Waals surface area contributed by atoms with Crippen LogP contribution in [0, 0.1) is 0 Å². The predicted octanol–water partition coefficient (Wildman–Crippen LogP) is 4.42. The Morgan fingerprint density at radius 1 is 1.09 bits per heavy atom. The number of esters is 1. The van der Waals surface area contributed by atoms with Gasteiger partial charge < -0.3 is 4.74 Å². The molecule has 22 heavy (non-hydrogen) atoms. The van der Waals surface area contributed by atoms with Gasteiger partial charge in [-0.3, -0.25) is 0 Å². The minimum absolute atomic E-state index is 0.331. The van der Waals surface area contributed by atoms with Crippen LogP contribution < -0.4 is 0 Å². The van der Waals surface area contributed by atoms with Gasteiger partial charge in [-0.15, -0.1) is 11.8 Å². The smallest absolute Gasteiger partial charge is 0.364 e. The van der Waals surface area contributed by atoms with Crippen LogP contribution >= 0.6 is 23.4 Å². The summed E-state index contributed by atoms with van der Waals surface area (Å²) in [5.41, 5.74) is 2.25. The lowest BCUT2D eigenvalue weighted by Gasteiger charge is -1.98. The first-order chi connectivity index (χ1) is 10.7. The van der Waals surface area contributed by atoms with E-state index in [4.69, 9.17) is 16.3 Å². The molecule has 2 aromatic carbocycles. The molecular weight excluding hydrogens is 318 g/mol. The van der Waals surface area contributed by atoms with E-state index in [9.17, 15) is 4.79 Å². The molecule has 2 aromatic rings. The zero-order valence-electron chi connectivity index (χ0n) is 11.5. The van der Waals surface area contributed by atoms with Gasteiger partial charge in [0, 0.05) is 21.7 Å². The zero-order chi connectivity index (χ0) is 15.4. The number of halogens is 1. The van der Waals surface area contributed by atoms with E-state index in [0.29, 0.717) is 16.6 Å². The van der Waals surface area contributed by atoms with E-state index in [1.807, 2.05) is 54.6 Å². The molecule has 0 aliphatic carbocycles. The molecule has 0 saturated carbocycles. The molecule has 0 unspecified atom stereocenters. The molecule has 0 atom stereocenters. The molecule has 3 rings (SSSR count). The zero-order valence-corrected chi connectivity index (χ0v) is 13.1. The van der Waals surface area contributed by atoms with Gasteiger partial charge in [-0.05, 0) is 29.8 Å². The minimum atomic E-state index is -0.414. The third kappa shape index (κ3) is 3.59. The normalized spacial score (nSPS) is 15.8. The number of hydrogen-bond acceptors (Lipinski definition) is 4. The molecule has 0 saturated heterocycles. The van der Waals surface area contributed by atoms with E-state index < -0.39 is 5.97 Å². The van der Waals surface area contributed by atoms with E-state index in [2.05, 4.69) is 4.99 Å². The maximum absolute atomic E-state index is 11.8. The molecule has 0 bridgehead atoms. The molecule has 1 aliphatic rings. The Kier molecular flexibility index (Phi) is 4.61. The van der Waals surface area contributed by atoms with E-state index in [1.54, 1.807) is 5.41 Å². The number of cyclic esters (lactones) is 1. The van der Waals surface area contributed by atoms with Crippen molar-refractivity contribution < 1.29 is 9.53 Å². The summed E-state index contributed by atoms with van der Waals surface area (Å²) in [5, 5.41) is 2.44. The fourth-order valence-electron chi connectivity index (χ4n) is 1.89. The van der Waals surface area contributed by atoms with Crippen LogP contribution in [0.1, 0.15) is 11.1 Å². The van der Waals surface area contributed by atoms with Gasteiger partial charge in [0.25, 0.3) is 0 Å². The molecule has 1 heterocycles. The average molecular weight is 330 g/mol. The van der Waals surface area contributed by atoms with Crippen molar-refractivity contribution in [2.24, 2.45) is 4.99 Å². The molecule has 3 nitrogen and oxygen atoms in total. The van der Waals surface area contributed by atoms with Gasteiger partial charge in [-0.25, -0.2) is 9.79 Å². The van der Waals surface area contributed by atoms with Gasteiger partial charge >= 0.3 is 5.97 Å². The number of thioether (sulfide) groups is 1. The number of carbonyl (C=O) groups is 1. The topological polar surface area (TPSA) is 38.7 Å². The van der Waals surface area contributed by atoms with Gasteiger partial charge in [-0.1, -0.05) is 41.9 Å². The van der Waals surface area contributed by atoms with Crippen molar-refractivity contribution in [1.82, 2.24) is 0 Å². The summed E-state index contributed by atoms with van der Waals surface area (Å²) in [4.78, 5) is 16.1. The maximum atomic E-state index is 11.8. The molecule has 110 valence electrons. The molecule has 5 heteroatoms. The lowest BCUT2D eigenvalue weighted by atomic mass is 10.2. The number of nitrogens with zero attached hydrogens (tertiary/aromatic N) is 1. The summed E-state index contributed by atoms with van der Waals surface area (Å²) in [6, 6.07) is 17.0. The lowest BCUT2D eigenvalue weighted by molar-refractivity contribution is -0.130. The summed E-state index contributed by atoms with van der Waals surface area (Å²) in [7, 11) is 0. The van der Waals surface area contributed by atoms with Crippen molar-refractivity contribution in [2.45, 2.75) is 5.75 Å². The largest absolute Gasteiger partial charge is 0.402 e. The molecule has 0 spiro atoms. The van der Waals surface area contributed by atoms with Crippen LogP contribution in [0.2, 0.25) is 5.02 Å². The second-order valence-corrected chi connectivity index (χ2v) is 5.91. The molecule has 0 N–H and O–H groups in total. The van der Waals surface area contributed by atoms with E-state index >= 15 is 0 Å². The predicted molar refractivity (Wildman–Crippen MR) is 89.9 cm³/mol. The standard InChI is InChI=1S/C17H12ClNO2S/c18-14-8-6-12(7-9-14)10-22-11-15-17(20)21-16(19-15)13-4-2-1-3-5-13/h1-9,11H,10H2/b15-11+. The Hall–Kier alpha value is -2.04. The number of carbonyl (C=O) groups excluding carboxylic acids is 1. The van der Waals surface area contributed by atoms with Crippen LogP contribution in [-0.4, -0.2) is 11.9 Å². The van der Waals surface area contributed by atoms with Gasteiger partial charge in [0.15, 0.2) is 5.70 Å². The Balaban J connectivity index is 1.67. The van der Waals surface area contributed by atoms with Crippen LogP contribution in [0.3, 0.4) is 0 Å². The van der Waals surface area contributed by atoms with E-state index in [1.165, 1.54) is 11.8 Å². The summed E-state index contributed by atoms with van der Waals surface area (Å²) in [6.07, 6.45) is 0. The first kappa shape index (κ1) is 14.9. The molecule has 0 aromatic heterocycles. The summed E-state index contributed by atoms with van der Waals surface area (Å²) in [6.45, 7) is 0. The van der Waals surface area contributed by atoms with Gasteiger partial charge in [0.05, 0.1) is 0 Å². The Bertz CT molecular complexity index is 739. The number of ether oxygens (including phenoxy) is 1. The van der Waals surface area contributed by atoms with Gasteiger partial charge in [0.1, 0.15) is 0 Å². The Morgan fingerprint density at radius 2 is 1.82 bits per heavy atom.